The highest BCUT2D eigenvalue weighted by atomic mass is 79.9. The van der Waals surface area contributed by atoms with Gasteiger partial charge in [0.05, 0.1) is 6.33 Å². The van der Waals surface area contributed by atoms with Gasteiger partial charge in [-0.2, -0.15) is 0 Å². The van der Waals surface area contributed by atoms with Crippen LogP contribution in [0.5, 0.6) is 0 Å². The van der Waals surface area contributed by atoms with Crippen LogP contribution in [-0.4, -0.2) is 29.3 Å². The first-order valence-corrected chi connectivity index (χ1v) is 8.11. The van der Waals surface area contributed by atoms with Gasteiger partial charge in [-0.25, -0.2) is 18.1 Å². The summed E-state index contributed by atoms with van der Waals surface area (Å²) >= 11 is 3.34. The van der Waals surface area contributed by atoms with Gasteiger partial charge < -0.3 is 4.57 Å². The van der Waals surface area contributed by atoms with E-state index in [0.29, 0.717) is 6.54 Å². The summed E-state index contributed by atoms with van der Waals surface area (Å²) < 4.78 is 28.3. The zero-order valence-corrected chi connectivity index (χ0v) is 12.6. The van der Waals surface area contributed by atoms with Crippen molar-refractivity contribution in [3.8, 4) is 0 Å². The van der Waals surface area contributed by atoms with Gasteiger partial charge in [-0.05, 0) is 19.8 Å². The van der Waals surface area contributed by atoms with E-state index >= 15 is 0 Å². The normalized spacial score (nSPS) is 15.8. The van der Waals surface area contributed by atoms with Crippen molar-refractivity contribution < 1.29 is 8.42 Å². The number of nitrogens with zero attached hydrogens (tertiary/aromatic N) is 2. The van der Waals surface area contributed by atoms with E-state index in [2.05, 4.69) is 25.6 Å². The summed E-state index contributed by atoms with van der Waals surface area (Å²) in [6, 6.07) is -0.133. The predicted molar refractivity (Wildman–Crippen MR) is 70.6 cm³/mol. The minimum absolute atomic E-state index is 0.0768. The number of hydrogen-bond donors (Lipinski definition) is 1. The Labute approximate surface area is 111 Å². The molecule has 0 spiro atoms. The second-order valence-corrected chi connectivity index (χ2v) is 6.39. The Morgan fingerprint density at radius 2 is 2.18 bits per heavy atom. The third kappa shape index (κ3) is 3.79. The van der Waals surface area contributed by atoms with Gasteiger partial charge in [0.15, 0.2) is 5.03 Å². The number of aryl methyl sites for hydroxylation is 1. The molecule has 1 aromatic rings. The van der Waals surface area contributed by atoms with E-state index in [-0.39, 0.29) is 17.0 Å². The SMILES string of the molecule is CCn1cnc(S(=O)(=O)NC(C)C(C)CBr)c1. The molecule has 0 amide bonds. The molecule has 1 rings (SSSR count). The minimum Gasteiger partial charge on any atom is -0.336 e. The Kier molecular flexibility index (Phi) is 5.15. The molecule has 0 saturated carbocycles. The first-order valence-electron chi connectivity index (χ1n) is 5.50. The average Bonchev–Trinajstić information content (AvgIpc) is 2.76. The summed E-state index contributed by atoms with van der Waals surface area (Å²) in [7, 11) is -3.51. The standard InChI is InChI=1S/C10H18BrN3O2S/c1-4-14-6-10(12-7-14)17(15,16)13-9(3)8(2)5-11/h6-9,13H,4-5H2,1-3H3. The Bertz CT molecular complexity index is 458. The summed E-state index contributed by atoms with van der Waals surface area (Å²) in [6.07, 6.45) is 3.06. The Morgan fingerprint density at radius 1 is 1.53 bits per heavy atom. The van der Waals surface area contributed by atoms with E-state index in [1.54, 1.807) is 4.57 Å². The van der Waals surface area contributed by atoms with Crippen LogP contribution in [0.15, 0.2) is 17.6 Å². The van der Waals surface area contributed by atoms with E-state index in [9.17, 15) is 8.42 Å². The molecule has 5 nitrogen and oxygen atoms in total. The van der Waals surface area contributed by atoms with Crippen molar-refractivity contribution in [2.75, 3.05) is 5.33 Å². The zero-order valence-electron chi connectivity index (χ0n) is 10.2. The molecule has 0 aliphatic heterocycles. The average molecular weight is 324 g/mol. The van der Waals surface area contributed by atoms with E-state index in [0.717, 1.165) is 5.33 Å². The quantitative estimate of drug-likeness (QED) is 0.809. The summed E-state index contributed by atoms with van der Waals surface area (Å²) in [6.45, 7) is 6.46. The van der Waals surface area contributed by atoms with Crippen LogP contribution in [-0.2, 0) is 16.6 Å². The van der Waals surface area contributed by atoms with Gasteiger partial charge in [0.1, 0.15) is 0 Å². The van der Waals surface area contributed by atoms with Crippen LogP contribution < -0.4 is 4.72 Å². The Balaban J connectivity index is 2.81. The smallest absolute Gasteiger partial charge is 0.259 e. The maximum atomic E-state index is 12.0. The van der Waals surface area contributed by atoms with Gasteiger partial charge in [-0.15, -0.1) is 0 Å². The lowest BCUT2D eigenvalue weighted by atomic mass is 10.1. The predicted octanol–water partition coefficient (Wildman–Crippen LogP) is 1.60. The second-order valence-electron chi connectivity index (χ2n) is 4.08. The van der Waals surface area contributed by atoms with E-state index in [1.165, 1.54) is 12.5 Å². The molecular formula is C10H18BrN3O2S. The van der Waals surface area contributed by atoms with E-state index in [1.807, 2.05) is 20.8 Å². The second kappa shape index (κ2) is 5.97. The first kappa shape index (κ1) is 14.7. The number of halogens is 1. The fraction of sp³-hybridized carbons (Fsp3) is 0.700. The minimum atomic E-state index is -3.51. The fourth-order valence-corrected chi connectivity index (χ4v) is 3.07. The van der Waals surface area contributed by atoms with E-state index < -0.39 is 10.0 Å². The Morgan fingerprint density at radius 3 is 2.65 bits per heavy atom. The highest BCUT2D eigenvalue weighted by molar-refractivity contribution is 9.09. The third-order valence-electron chi connectivity index (χ3n) is 2.69. The van der Waals surface area contributed by atoms with Gasteiger partial charge in [0, 0.05) is 24.1 Å². The molecular weight excluding hydrogens is 306 g/mol. The fourth-order valence-electron chi connectivity index (χ4n) is 1.21. The largest absolute Gasteiger partial charge is 0.336 e. The summed E-state index contributed by atoms with van der Waals surface area (Å²) in [5, 5.41) is 0.827. The first-order chi connectivity index (χ1) is 7.90. The van der Waals surface area contributed by atoms with Gasteiger partial charge in [0.2, 0.25) is 0 Å². The summed E-state index contributed by atoms with van der Waals surface area (Å²) in [5.74, 6) is 0.220. The van der Waals surface area contributed by atoms with Crippen molar-refractivity contribution in [2.45, 2.75) is 38.4 Å². The van der Waals surface area contributed by atoms with Gasteiger partial charge in [0.25, 0.3) is 10.0 Å². The van der Waals surface area contributed by atoms with Crippen molar-refractivity contribution in [3.63, 3.8) is 0 Å². The summed E-state index contributed by atoms with van der Waals surface area (Å²) in [5.41, 5.74) is 0. The van der Waals surface area contributed by atoms with E-state index in [4.69, 9.17) is 0 Å². The monoisotopic (exact) mass is 323 g/mol. The number of alkyl halides is 1. The number of rotatable bonds is 6. The number of aromatic nitrogens is 2. The maximum Gasteiger partial charge on any atom is 0.259 e. The molecule has 98 valence electrons. The van der Waals surface area contributed by atoms with Crippen LogP contribution in [0, 0.1) is 5.92 Å². The molecule has 1 aromatic heterocycles. The molecule has 7 heteroatoms. The van der Waals surface area contributed by atoms with Crippen molar-refractivity contribution in [2.24, 2.45) is 5.92 Å². The number of hydrogen-bond acceptors (Lipinski definition) is 3. The molecule has 17 heavy (non-hydrogen) atoms. The third-order valence-corrected chi connectivity index (χ3v) is 5.15. The maximum absolute atomic E-state index is 12.0. The number of nitrogens with one attached hydrogen (secondary N) is 1. The van der Waals surface area contributed by atoms with Crippen LogP contribution in [0.3, 0.4) is 0 Å². The van der Waals surface area contributed by atoms with Gasteiger partial charge >= 0.3 is 0 Å². The van der Waals surface area contributed by atoms with Gasteiger partial charge in [-0.1, -0.05) is 22.9 Å². The van der Waals surface area contributed by atoms with Crippen LogP contribution in [0.25, 0.3) is 0 Å². The zero-order chi connectivity index (χ0) is 13.1. The molecule has 1 N–H and O–H groups in total. The highest BCUT2D eigenvalue weighted by Crippen LogP contribution is 2.11. The number of sulfonamides is 1. The Hall–Kier alpha value is -0.400. The molecule has 0 aliphatic rings. The lowest BCUT2D eigenvalue weighted by molar-refractivity contribution is 0.483. The van der Waals surface area contributed by atoms with Crippen molar-refractivity contribution in [3.05, 3.63) is 12.5 Å². The molecule has 0 saturated heterocycles. The summed E-state index contributed by atoms with van der Waals surface area (Å²) in [4.78, 5) is 3.90. The van der Waals surface area contributed by atoms with Crippen LogP contribution in [0.4, 0.5) is 0 Å². The molecule has 2 atom stereocenters. The van der Waals surface area contributed by atoms with Crippen LogP contribution >= 0.6 is 15.9 Å². The van der Waals surface area contributed by atoms with Crippen LogP contribution in [0.2, 0.25) is 0 Å². The van der Waals surface area contributed by atoms with Crippen molar-refractivity contribution in [1.82, 2.24) is 14.3 Å². The molecule has 0 radical (unpaired) electrons. The topological polar surface area (TPSA) is 64.0 Å². The number of imidazole rings is 1. The van der Waals surface area contributed by atoms with Crippen LogP contribution in [0.1, 0.15) is 20.8 Å². The molecule has 0 aromatic carbocycles. The molecule has 2 unspecified atom stereocenters. The molecule has 0 fully saturated rings. The van der Waals surface area contributed by atoms with Crippen molar-refractivity contribution in [1.29, 1.82) is 0 Å². The molecule has 0 aliphatic carbocycles. The van der Waals surface area contributed by atoms with Crippen molar-refractivity contribution >= 4 is 26.0 Å². The molecule has 1 heterocycles. The molecule has 0 bridgehead atoms. The lowest BCUT2D eigenvalue weighted by Gasteiger charge is -2.18. The lowest BCUT2D eigenvalue weighted by Crippen LogP contribution is -2.37. The van der Waals surface area contributed by atoms with Gasteiger partial charge in [-0.3, -0.25) is 0 Å². The highest BCUT2D eigenvalue weighted by Gasteiger charge is 2.22.